The number of aromatic nitrogens is 2. The van der Waals surface area contributed by atoms with E-state index in [1.165, 1.54) is 17.7 Å². The maximum absolute atomic E-state index is 12.4. The first-order chi connectivity index (χ1) is 12.6. The number of aliphatic hydroxyl groups is 1. The highest BCUT2D eigenvalue weighted by Crippen LogP contribution is 2.32. The third kappa shape index (κ3) is 3.79. The quantitative estimate of drug-likeness (QED) is 0.861. The van der Waals surface area contributed by atoms with Crippen LogP contribution in [0, 0.1) is 0 Å². The number of nitrogens with one attached hydrogen (secondary N) is 1. The van der Waals surface area contributed by atoms with Crippen LogP contribution in [0.25, 0.3) is 0 Å². The topological polar surface area (TPSA) is 78.4 Å². The smallest absolute Gasteiger partial charge is 0.240 e. The molecule has 4 rings (SSSR count). The van der Waals surface area contributed by atoms with Gasteiger partial charge in [-0.25, -0.2) is 4.98 Å². The van der Waals surface area contributed by atoms with E-state index in [4.69, 9.17) is 0 Å². The van der Waals surface area contributed by atoms with E-state index in [-0.39, 0.29) is 5.91 Å². The average Bonchev–Trinajstić information content (AvgIpc) is 3.06. The average molecular weight is 372 g/mol. The fourth-order valence-corrected chi connectivity index (χ4v) is 4.81. The second kappa shape index (κ2) is 7.42. The van der Waals surface area contributed by atoms with Gasteiger partial charge in [-0.1, -0.05) is 6.07 Å². The molecule has 1 aliphatic heterocycles. The van der Waals surface area contributed by atoms with E-state index in [0.717, 1.165) is 29.4 Å². The van der Waals surface area contributed by atoms with Crippen molar-refractivity contribution >= 4 is 22.4 Å². The Hall–Kier alpha value is -1.83. The Morgan fingerprint density at radius 3 is 2.81 bits per heavy atom. The van der Waals surface area contributed by atoms with Crippen molar-refractivity contribution < 1.29 is 9.90 Å². The highest BCUT2D eigenvalue weighted by molar-refractivity contribution is 7.15. The lowest BCUT2D eigenvalue weighted by Gasteiger charge is -2.37. The van der Waals surface area contributed by atoms with Crippen molar-refractivity contribution in [1.29, 1.82) is 0 Å². The van der Waals surface area contributed by atoms with Crippen LogP contribution in [0.2, 0.25) is 0 Å². The summed E-state index contributed by atoms with van der Waals surface area (Å²) in [5.74, 6) is -0.0284. The number of pyridine rings is 1. The third-order valence-electron chi connectivity index (χ3n) is 5.28. The van der Waals surface area contributed by atoms with Crippen LogP contribution in [0.1, 0.15) is 41.9 Å². The number of hydrogen-bond acceptors (Lipinski definition) is 6. The van der Waals surface area contributed by atoms with Gasteiger partial charge in [-0.05, 0) is 50.7 Å². The van der Waals surface area contributed by atoms with E-state index < -0.39 is 5.60 Å². The van der Waals surface area contributed by atoms with E-state index in [1.807, 2.05) is 18.2 Å². The molecule has 0 bridgehead atoms. The molecule has 7 heteroatoms. The van der Waals surface area contributed by atoms with Crippen molar-refractivity contribution in [3.63, 3.8) is 0 Å². The number of piperidine rings is 1. The molecule has 0 radical (unpaired) electrons. The SMILES string of the molecule is O=C(CN1CCC(O)(c2ccccn2)CC1)Nc1nc2c(s1)CCCC2. The van der Waals surface area contributed by atoms with Gasteiger partial charge in [0, 0.05) is 24.2 Å². The summed E-state index contributed by atoms with van der Waals surface area (Å²) in [6.07, 6.45) is 7.40. The van der Waals surface area contributed by atoms with Crippen LogP contribution >= 0.6 is 11.3 Å². The van der Waals surface area contributed by atoms with Gasteiger partial charge < -0.3 is 10.4 Å². The lowest BCUT2D eigenvalue weighted by Crippen LogP contribution is -2.45. The van der Waals surface area contributed by atoms with Crippen molar-refractivity contribution in [2.75, 3.05) is 25.0 Å². The maximum Gasteiger partial charge on any atom is 0.240 e. The zero-order chi connectivity index (χ0) is 18.0. The minimum atomic E-state index is -0.886. The number of thiazole rings is 1. The molecule has 2 aromatic rings. The first-order valence-electron chi connectivity index (χ1n) is 9.27. The molecule has 138 valence electrons. The van der Waals surface area contributed by atoms with Crippen molar-refractivity contribution in [2.45, 2.75) is 44.1 Å². The van der Waals surface area contributed by atoms with Crippen molar-refractivity contribution in [2.24, 2.45) is 0 Å². The summed E-state index contributed by atoms with van der Waals surface area (Å²) < 4.78 is 0. The zero-order valence-electron chi connectivity index (χ0n) is 14.8. The Morgan fingerprint density at radius 2 is 2.08 bits per heavy atom. The van der Waals surface area contributed by atoms with Gasteiger partial charge in [0.25, 0.3) is 0 Å². The second-order valence-corrected chi connectivity index (χ2v) is 8.25. The Balaban J connectivity index is 1.30. The van der Waals surface area contributed by atoms with Gasteiger partial charge in [-0.15, -0.1) is 11.3 Å². The number of rotatable bonds is 4. The molecule has 3 heterocycles. The molecular weight excluding hydrogens is 348 g/mol. The van der Waals surface area contributed by atoms with Gasteiger partial charge in [0.15, 0.2) is 5.13 Å². The van der Waals surface area contributed by atoms with Crippen LogP contribution in [0.3, 0.4) is 0 Å². The fraction of sp³-hybridized carbons (Fsp3) is 0.526. The van der Waals surface area contributed by atoms with E-state index >= 15 is 0 Å². The standard InChI is InChI=1S/C19H24N4O2S/c24-17(22-18-21-14-5-1-2-6-15(14)26-18)13-23-11-8-19(25,9-12-23)16-7-3-4-10-20-16/h3-4,7,10,25H,1-2,5-6,8-9,11-13H2,(H,21,22,24). The molecule has 0 saturated carbocycles. The van der Waals surface area contributed by atoms with Crippen LogP contribution in [0.5, 0.6) is 0 Å². The van der Waals surface area contributed by atoms with E-state index in [2.05, 4.69) is 20.2 Å². The van der Waals surface area contributed by atoms with Gasteiger partial charge >= 0.3 is 0 Å². The number of likely N-dealkylation sites (tertiary alicyclic amines) is 1. The summed E-state index contributed by atoms with van der Waals surface area (Å²) in [6.45, 7) is 1.69. The van der Waals surface area contributed by atoms with Crippen LogP contribution in [-0.2, 0) is 23.2 Å². The van der Waals surface area contributed by atoms with Gasteiger partial charge in [-0.2, -0.15) is 0 Å². The van der Waals surface area contributed by atoms with Gasteiger partial charge in [0.1, 0.15) is 5.60 Å². The summed E-state index contributed by atoms with van der Waals surface area (Å²) in [4.78, 5) is 24.6. The minimum Gasteiger partial charge on any atom is -0.383 e. The van der Waals surface area contributed by atoms with Gasteiger partial charge in [0.2, 0.25) is 5.91 Å². The fourth-order valence-electron chi connectivity index (χ4n) is 3.74. The number of carbonyl (C=O) groups excluding carboxylic acids is 1. The predicted molar refractivity (Wildman–Crippen MR) is 101 cm³/mol. The molecule has 2 N–H and O–H groups in total. The first-order valence-corrected chi connectivity index (χ1v) is 10.1. The van der Waals surface area contributed by atoms with Gasteiger partial charge in [0.05, 0.1) is 17.9 Å². The Bertz CT molecular complexity index is 746. The van der Waals surface area contributed by atoms with Crippen molar-refractivity contribution in [3.05, 3.63) is 40.7 Å². The normalized spacial score (nSPS) is 19.7. The molecule has 26 heavy (non-hydrogen) atoms. The second-order valence-electron chi connectivity index (χ2n) is 7.17. The van der Waals surface area contributed by atoms with Crippen LogP contribution < -0.4 is 5.32 Å². The first kappa shape index (κ1) is 17.6. The lowest BCUT2D eigenvalue weighted by molar-refractivity contribution is -0.118. The highest BCUT2D eigenvalue weighted by atomic mass is 32.1. The summed E-state index contributed by atoms with van der Waals surface area (Å²) in [5, 5.41) is 14.5. The number of anilines is 1. The molecule has 0 atom stereocenters. The Morgan fingerprint density at radius 1 is 1.27 bits per heavy atom. The van der Waals surface area contributed by atoms with Crippen molar-refractivity contribution in [1.82, 2.24) is 14.9 Å². The molecule has 0 aromatic carbocycles. The number of hydrogen-bond donors (Lipinski definition) is 2. The summed E-state index contributed by atoms with van der Waals surface area (Å²) in [5.41, 5.74) is 0.996. The van der Waals surface area contributed by atoms with Crippen LogP contribution in [0.15, 0.2) is 24.4 Å². The van der Waals surface area contributed by atoms with Crippen molar-refractivity contribution in [3.8, 4) is 0 Å². The molecule has 1 amide bonds. The highest BCUT2D eigenvalue weighted by Gasteiger charge is 2.35. The summed E-state index contributed by atoms with van der Waals surface area (Å²) in [7, 11) is 0. The molecule has 6 nitrogen and oxygen atoms in total. The maximum atomic E-state index is 12.4. The monoisotopic (exact) mass is 372 g/mol. The van der Waals surface area contributed by atoms with Gasteiger partial charge in [-0.3, -0.25) is 14.7 Å². The van der Waals surface area contributed by atoms with E-state index in [9.17, 15) is 9.90 Å². The number of nitrogens with zero attached hydrogens (tertiary/aromatic N) is 3. The third-order valence-corrected chi connectivity index (χ3v) is 6.36. The molecule has 1 fully saturated rings. The molecule has 1 saturated heterocycles. The number of aryl methyl sites for hydroxylation is 2. The predicted octanol–water partition coefficient (Wildman–Crippen LogP) is 2.34. The summed E-state index contributed by atoms with van der Waals surface area (Å²) >= 11 is 1.61. The molecule has 0 unspecified atom stereocenters. The number of carbonyl (C=O) groups is 1. The van der Waals surface area contributed by atoms with Crippen LogP contribution in [0.4, 0.5) is 5.13 Å². The Kier molecular flexibility index (Phi) is 5.02. The van der Waals surface area contributed by atoms with E-state index in [0.29, 0.717) is 32.5 Å². The lowest BCUT2D eigenvalue weighted by atomic mass is 9.88. The Labute approximate surface area is 157 Å². The minimum absolute atomic E-state index is 0.0284. The molecule has 2 aromatic heterocycles. The summed E-state index contributed by atoms with van der Waals surface area (Å²) in [6, 6.07) is 5.61. The molecular formula is C19H24N4O2S. The van der Waals surface area contributed by atoms with E-state index in [1.54, 1.807) is 17.5 Å². The van der Waals surface area contributed by atoms with Crippen LogP contribution in [-0.4, -0.2) is 45.5 Å². The molecule has 2 aliphatic rings. The number of amides is 1. The zero-order valence-corrected chi connectivity index (χ0v) is 15.6. The largest absolute Gasteiger partial charge is 0.383 e. The number of fused-ring (bicyclic) bond motifs is 1. The molecule has 1 aliphatic carbocycles. The molecule has 0 spiro atoms.